The van der Waals surface area contributed by atoms with Gasteiger partial charge in [-0.25, -0.2) is 0 Å². The molecule has 5 aliphatic rings. The molecule has 0 spiro atoms. The van der Waals surface area contributed by atoms with Crippen LogP contribution in [0.25, 0.3) is 88.4 Å². The van der Waals surface area contributed by atoms with Crippen molar-refractivity contribution < 1.29 is 31.2 Å². The van der Waals surface area contributed by atoms with Crippen LogP contribution >= 0.6 is 0 Å². The van der Waals surface area contributed by atoms with Gasteiger partial charge in [0.2, 0.25) is 0 Å². The number of fused-ring (bicyclic) bond motifs is 18. The van der Waals surface area contributed by atoms with Crippen LogP contribution in [0.2, 0.25) is 0 Å². The molecule has 0 atom stereocenters. The minimum absolute atomic E-state index is 0.208. The van der Waals surface area contributed by atoms with Crippen molar-refractivity contribution in [2.24, 2.45) is 0 Å². The quantitative estimate of drug-likeness (QED) is 0.150. The third-order valence-corrected chi connectivity index (χ3v) is 19.6. The van der Waals surface area contributed by atoms with Gasteiger partial charge in [0.05, 0.1) is 0 Å². The Morgan fingerprint density at radius 1 is 0.333 bits per heavy atom. The summed E-state index contributed by atoms with van der Waals surface area (Å²) in [5.41, 5.74) is 23.3. The van der Waals surface area contributed by atoms with Gasteiger partial charge in [-0.2, -0.15) is 0 Å². The van der Waals surface area contributed by atoms with E-state index in [9.17, 15) is 0 Å². The molecule has 8 heteroatoms. The number of anilines is 8. The van der Waals surface area contributed by atoms with Gasteiger partial charge >= 0.3 is 462 Å². The van der Waals surface area contributed by atoms with E-state index in [0.717, 1.165) is 145 Å². The van der Waals surface area contributed by atoms with E-state index >= 15 is 0 Å². The van der Waals surface area contributed by atoms with Crippen molar-refractivity contribution in [3.63, 3.8) is 0 Å². The molecule has 0 N–H and O–H groups in total. The zero-order valence-corrected chi connectivity index (χ0v) is 46.1. The molecule has 2 aromatic heterocycles. The van der Waals surface area contributed by atoms with Crippen LogP contribution in [0.15, 0.2) is 203 Å². The van der Waals surface area contributed by atoms with Gasteiger partial charge in [0.25, 0.3) is 0 Å². The normalized spacial score (nSPS) is 14.8. The molecule has 5 aliphatic heterocycles. The summed E-state index contributed by atoms with van der Waals surface area (Å²) in [5, 5.41) is 4.33. The SMILES string of the molecule is CC(C)(C)c1cc2c3c(c1)-c1ccc4oc5ccc(cc5c4c1)-c1cc(C(C)(C)C)cc(c1N1[C]4=[Pt]=[C]5N(c6cccc(c6)Oc6cccc(c6)N4c4ccccc41)c1ccccc1N53)-c1ccc3oc4ccc-2cc4c3c1. The van der Waals surface area contributed by atoms with Gasteiger partial charge in [-0.1, -0.05) is 0 Å². The minimum atomic E-state index is -1.26. The van der Waals surface area contributed by atoms with Crippen LogP contribution in [0.4, 0.5) is 45.5 Å². The summed E-state index contributed by atoms with van der Waals surface area (Å²) >= 11 is -1.26. The molecule has 17 rings (SSSR count). The Bertz CT molecular complexity index is 4310. The molecule has 0 amide bonds. The third-order valence-electron chi connectivity index (χ3n) is 16.5. The van der Waals surface area contributed by atoms with E-state index in [2.05, 4.69) is 255 Å². The van der Waals surface area contributed by atoms with Crippen molar-refractivity contribution in [1.82, 2.24) is 0 Å². The summed E-state index contributed by atoms with van der Waals surface area (Å²) in [4.78, 5) is 10.4. The molecule has 78 heavy (non-hydrogen) atoms. The average molecular weight is 1190 g/mol. The zero-order valence-electron chi connectivity index (χ0n) is 43.8. The van der Waals surface area contributed by atoms with Crippen molar-refractivity contribution in [3.8, 4) is 56.0 Å². The van der Waals surface area contributed by atoms with E-state index in [0.29, 0.717) is 0 Å². The van der Waals surface area contributed by atoms with Crippen molar-refractivity contribution in [2.75, 3.05) is 19.6 Å². The summed E-state index contributed by atoms with van der Waals surface area (Å²) in [6.07, 6.45) is 0. The molecule has 0 unspecified atom stereocenters. The first-order valence-electron chi connectivity index (χ1n) is 26.8. The second-order valence-corrected chi connectivity index (χ2v) is 26.0. The monoisotopic (exact) mass is 1190 g/mol. The Balaban J connectivity index is 1.18. The number of hydrogen-bond acceptors (Lipinski definition) is 7. The fraction of sp³-hybridized carbons (Fsp3) is 0.114. The first kappa shape index (κ1) is 44.4. The van der Waals surface area contributed by atoms with E-state index in [1.165, 1.54) is 19.4 Å². The van der Waals surface area contributed by atoms with E-state index in [1.54, 1.807) is 0 Å². The topological polar surface area (TPSA) is 48.5 Å². The van der Waals surface area contributed by atoms with Gasteiger partial charge in [-0.3, -0.25) is 0 Å². The summed E-state index contributed by atoms with van der Waals surface area (Å²) in [7, 11) is 0. The predicted octanol–water partition coefficient (Wildman–Crippen LogP) is 19.0. The fourth-order valence-electron chi connectivity index (χ4n) is 12.6. The van der Waals surface area contributed by atoms with E-state index in [4.69, 9.17) is 13.6 Å². The average Bonchev–Trinajstić information content (AvgIpc) is 3.62. The predicted molar refractivity (Wildman–Crippen MR) is 318 cm³/mol. The van der Waals surface area contributed by atoms with Gasteiger partial charge < -0.3 is 0 Å². The molecular weight excluding hydrogens is 1140 g/mol. The summed E-state index contributed by atoms with van der Waals surface area (Å²) < 4.78 is 23.0. The number of para-hydroxylation sites is 4. The van der Waals surface area contributed by atoms with Gasteiger partial charge in [0, 0.05) is 0 Å². The second kappa shape index (κ2) is 15.5. The van der Waals surface area contributed by atoms with E-state index in [1.807, 2.05) is 0 Å². The van der Waals surface area contributed by atoms with Crippen molar-refractivity contribution >= 4 is 97.7 Å². The number of rotatable bonds is 0. The first-order valence-corrected chi connectivity index (χ1v) is 29.1. The van der Waals surface area contributed by atoms with Crippen LogP contribution in [-0.2, 0) is 28.5 Å². The molecule has 12 aromatic rings. The van der Waals surface area contributed by atoms with Crippen molar-refractivity contribution in [1.29, 1.82) is 0 Å². The summed E-state index contributed by atoms with van der Waals surface area (Å²) in [6.45, 7) is 14.0. The third kappa shape index (κ3) is 6.25. The standard InChI is InChI=1S/C70H50N4O3.Pt/c1-69(2,3)45-33-51-41-21-25-63-55(29-41)57-31-43(23-27-65(57)76-63)53-35-46(70(4,5)6)36-54-44-24-28-66-58(32-44)56-30-42(22-26-64(56)77-66)52(34-45)67(51)73-39-71(59-17-7-9-19-61(59)73)47-13-11-15-49(37-47)75-50-16-12-14-48(38-50)72-40-74(68(53)54)62-20-10-8-18-60(62)72;/h7-38H,1-6H3;. The first-order chi connectivity index (χ1) is 37.9. The molecule has 7 heterocycles. The molecule has 0 aliphatic carbocycles. The molecule has 10 aromatic carbocycles. The molecule has 7 nitrogen and oxygen atoms in total. The van der Waals surface area contributed by atoms with Crippen LogP contribution in [0.3, 0.4) is 0 Å². The number of hydrogen-bond donors (Lipinski definition) is 0. The number of nitrogens with zero attached hydrogens (tertiary/aromatic N) is 4. The van der Waals surface area contributed by atoms with Gasteiger partial charge in [0.1, 0.15) is 0 Å². The van der Waals surface area contributed by atoms with Gasteiger partial charge in [-0.15, -0.1) is 0 Å². The van der Waals surface area contributed by atoms with Crippen LogP contribution < -0.4 is 24.3 Å². The summed E-state index contributed by atoms with van der Waals surface area (Å²) in [5.74, 6) is 1.55. The molecule has 0 radical (unpaired) electrons. The van der Waals surface area contributed by atoms with Crippen molar-refractivity contribution in [2.45, 2.75) is 52.4 Å². The van der Waals surface area contributed by atoms with Crippen LogP contribution in [0, 0.1) is 0 Å². The Kier molecular flexibility index (Phi) is 8.79. The van der Waals surface area contributed by atoms with E-state index < -0.39 is 17.6 Å². The Labute approximate surface area is 459 Å². The number of benzene rings is 10. The maximum absolute atomic E-state index is 6.95. The Morgan fingerprint density at radius 3 is 1.00 bits per heavy atom. The van der Waals surface area contributed by atoms with Gasteiger partial charge in [0.15, 0.2) is 0 Å². The van der Waals surface area contributed by atoms with Crippen LogP contribution in [-0.4, -0.2) is 8.29 Å². The van der Waals surface area contributed by atoms with Crippen molar-refractivity contribution in [3.05, 3.63) is 205 Å². The Morgan fingerprint density at radius 2 is 0.667 bits per heavy atom. The number of ether oxygens (including phenoxy) is 1. The fourth-order valence-corrected chi connectivity index (χ4v) is 16.2. The van der Waals surface area contributed by atoms with E-state index in [-0.39, 0.29) is 10.8 Å². The molecule has 0 fully saturated rings. The Hall–Kier alpha value is -8.77. The maximum atomic E-state index is 6.95. The molecule has 378 valence electrons. The zero-order chi connectivity index (χ0) is 52.1. The van der Waals surface area contributed by atoms with Crippen LogP contribution in [0.1, 0.15) is 52.7 Å². The molecule has 0 saturated carbocycles. The molecule has 0 saturated heterocycles. The summed E-state index contributed by atoms with van der Waals surface area (Å²) in [6, 6.07) is 72.8. The second-order valence-electron chi connectivity index (χ2n) is 23.4. The molecule has 16 bridgehead atoms. The number of furan rings is 2. The van der Waals surface area contributed by atoms with Crippen LogP contribution in [0.5, 0.6) is 11.5 Å². The molecular formula is C70H50N4O3Pt. The van der Waals surface area contributed by atoms with Gasteiger partial charge in [-0.05, 0) is 0 Å².